The monoisotopic (exact) mass is 502 g/mol. The van der Waals surface area contributed by atoms with Crippen LogP contribution in [0.4, 0.5) is 0 Å². The van der Waals surface area contributed by atoms with Gasteiger partial charge in [-0.3, -0.25) is 0 Å². The molecule has 0 fully saturated rings. The van der Waals surface area contributed by atoms with Crippen LogP contribution in [0, 0.1) is 0 Å². The van der Waals surface area contributed by atoms with Crippen molar-refractivity contribution >= 4 is 44.6 Å². The molecule has 6 aromatic rings. The highest BCUT2D eigenvalue weighted by atomic mass is 32.1. The number of hydrogen-bond donors (Lipinski definition) is 2. The largest absolute Gasteiger partial charge is 0.508 e. The summed E-state index contributed by atoms with van der Waals surface area (Å²) in [6.07, 6.45) is 0.439. The first-order valence-electron chi connectivity index (χ1n) is 10.4. The van der Waals surface area contributed by atoms with Crippen LogP contribution in [0.1, 0.15) is 10.0 Å². The average Bonchev–Trinajstić information content (AvgIpc) is 3.48. The Hall–Kier alpha value is -4.28. The summed E-state index contributed by atoms with van der Waals surface area (Å²) < 4.78 is 10.7. The maximum Gasteiger partial charge on any atom is 0.345 e. The SMILES string of the molecule is O=c1oc2cc(O)ccc2cc1-c1csc(Cc2nc(-c3cc4ccc(O)cc4oc3=O)cs2)n1. The lowest BCUT2D eigenvalue weighted by Crippen LogP contribution is -2.03. The molecule has 6 rings (SSSR count). The summed E-state index contributed by atoms with van der Waals surface area (Å²) in [5.41, 5.74) is 1.23. The first-order chi connectivity index (χ1) is 16.9. The zero-order valence-electron chi connectivity index (χ0n) is 17.7. The summed E-state index contributed by atoms with van der Waals surface area (Å²) in [5, 5.41) is 25.6. The molecule has 2 N–H and O–H groups in total. The van der Waals surface area contributed by atoms with Crippen molar-refractivity contribution in [2.75, 3.05) is 0 Å². The van der Waals surface area contributed by atoms with E-state index in [4.69, 9.17) is 8.83 Å². The molecule has 0 unspecified atom stereocenters. The molecule has 0 atom stereocenters. The van der Waals surface area contributed by atoms with E-state index in [-0.39, 0.29) is 11.5 Å². The standard InChI is InChI=1S/C25H14N2O6S2/c28-14-3-1-12-5-16(24(30)32-20(12)7-14)18-10-34-22(26-18)9-23-27-19(11-35-23)17-6-13-2-4-15(29)8-21(13)33-25(17)31/h1-8,10-11,28-29H,9H2. The molecule has 2 aromatic carbocycles. The normalized spacial score (nSPS) is 11.4. The Morgan fingerprint density at radius 1 is 0.686 bits per heavy atom. The minimum absolute atomic E-state index is 0.0212. The second-order valence-electron chi connectivity index (χ2n) is 7.77. The number of aromatic hydroxyl groups is 2. The van der Waals surface area contributed by atoms with E-state index in [2.05, 4.69) is 9.97 Å². The fourth-order valence-electron chi connectivity index (χ4n) is 3.72. The van der Waals surface area contributed by atoms with E-state index in [1.165, 1.54) is 46.9 Å². The number of nitrogens with zero attached hydrogens (tertiary/aromatic N) is 2. The molecule has 0 saturated carbocycles. The van der Waals surface area contributed by atoms with Crippen molar-refractivity contribution in [3.8, 4) is 34.0 Å². The highest BCUT2D eigenvalue weighted by molar-refractivity contribution is 7.11. The van der Waals surface area contributed by atoms with E-state index in [0.29, 0.717) is 50.9 Å². The first-order valence-corrected chi connectivity index (χ1v) is 12.1. The van der Waals surface area contributed by atoms with Gasteiger partial charge in [0.05, 0.1) is 28.9 Å². The van der Waals surface area contributed by atoms with E-state index in [1.807, 2.05) is 0 Å². The third-order valence-electron chi connectivity index (χ3n) is 5.40. The molecule has 35 heavy (non-hydrogen) atoms. The van der Waals surface area contributed by atoms with Gasteiger partial charge in [-0.1, -0.05) is 0 Å². The third-order valence-corrected chi connectivity index (χ3v) is 7.09. The summed E-state index contributed by atoms with van der Waals surface area (Å²) in [6, 6.07) is 12.6. The Labute approximate surface area is 204 Å². The highest BCUT2D eigenvalue weighted by Crippen LogP contribution is 2.28. The fourth-order valence-corrected chi connectivity index (χ4v) is 5.41. The van der Waals surface area contributed by atoms with Crippen LogP contribution < -0.4 is 11.3 Å². The van der Waals surface area contributed by atoms with Crippen LogP contribution in [0.15, 0.2) is 77.7 Å². The summed E-state index contributed by atoms with van der Waals surface area (Å²) in [7, 11) is 0. The molecule has 0 bridgehead atoms. The van der Waals surface area contributed by atoms with Crippen LogP contribution in [0.2, 0.25) is 0 Å². The number of hydrogen-bond acceptors (Lipinski definition) is 10. The Balaban J connectivity index is 1.28. The molecular weight excluding hydrogens is 488 g/mol. The molecule has 0 spiro atoms. The maximum atomic E-state index is 12.5. The van der Waals surface area contributed by atoms with Gasteiger partial charge in [-0.05, 0) is 36.4 Å². The zero-order valence-corrected chi connectivity index (χ0v) is 19.4. The van der Waals surface area contributed by atoms with Crippen molar-refractivity contribution in [2.45, 2.75) is 6.42 Å². The Kier molecular flexibility index (Phi) is 4.97. The van der Waals surface area contributed by atoms with E-state index in [9.17, 15) is 19.8 Å². The highest BCUT2D eigenvalue weighted by Gasteiger charge is 2.15. The predicted octanol–water partition coefficient (Wildman–Crippen LogP) is 5.15. The topological polar surface area (TPSA) is 127 Å². The molecule has 0 amide bonds. The van der Waals surface area contributed by atoms with Crippen LogP contribution in [-0.2, 0) is 6.42 Å². The Morgan fingerprint density at radius 3 is 1.60 bits per heavy atom. The van der Waals surface area contributed by atoms with Crippen molar-refractivity contribution in [1.29, 1.82) is 0 Å². The van der Waals surface area contributed by atoms with E-state index in [1.54, 1.807) is 35.0 Å². The molecule has 0 aliphatic rings. The average molecular weight is 503 g/mol. The lowest BCUT2D eigenvalue weighted by molar-refractivity contribution is 0.472. The second kappa shape index (κ2) is 8.19. The molecule has 10 heteroatoms. The summed E-state index contributed by atoms with van der Waals surface area (Å²) in [4.78, 5) is 34.1. The Bertz CT molecular complexity index is 1730. The lowest BCUT2D eigenvalue weighted by Gasteiger charge is -2.00. The predicted molar refractivity (Wildman–Crippen MR) is 133 cm³/mol. The van der Waals surface area contributed by atoms with Crippen molar-refractivity contribution in [3.63, 3.8) is 0 Å². The quantitative estimate of drug-likeness (QED) is 0.317. The number of aromatic nitrogens is 2. The molecule has 172 valence electrons. The third kappa shape index (κ3) is 3.98. The number of phenolic OH excluding ortho intramolecular Hbond substituents is 2. The summed E-state index contributed by atoms with van der Waals surface area (Å²) in [5.74, 6) is 0.0424. The molecular formula is C25H14N2O6S2. The van der Waals surface area contributed by atoms with Gasteiger partial charge in [-0.2, -0.15) is 0 Å². The number of benzene rings is 2. The molecule has 0 saturated heterocycles. The maximum absolute atomic E-state index is 12.5. The van der Waals surface area contributed by atoms with Gasteiger partial charge in [-0.15, -0.1) is 22.7 Å². The van der Waals surface area contributed by atoms with Gasteiger partial charge in [0.15, 0.2) is 0 Å². The van der Waals surface area contributed by atoms with Gasteiger partial charge in [0.1, 0.15) is 32.7 Å². The number of thiazole rings is 2. The van der Waals surface area contributed by atoms with E-state index >= 15 is 0 Å². The molecule has 8 nitrogen and oxygen atoms in total. The number of rotatable bonds is 4. The molecule has 4 heterocycles. The lowest BCUT2D eigenvalue weighted by atomic mass is 10.1. The van der Waals surface area contributed by atoms with Gasteiger partial charge in [0, 0.05) is 33.7 Å². The minimum Gasteiger partial charge on any atom is -0.508 e. The number of fused-ring (bicyclic) bond motifs is 2. The van der Waals surface area contributed by atoms with Crippen molar-refractivity contribution < 1.29 is 19.0 Å². The van der Waals surface area contributed by atoms with Gasteiger partial charge >= 0.3 is 11.3 Å². The van der Waals surface area contributed by atoms with Gasteiger partial charge in [0.25, 0.3) is 0 Å². The fraction of sp³-hybridized carbons (Fsp3) is 0.0400. The molecule has 0 aliphatic carbocycles. The van der Waals surface area contributed by atoms with Crippen molar-refractivity contribution in [1.82, 2.24) is 9.97 Å². The van der Waals surface area contributed by atoms with E-state index < -0.39 is 11.3 Å². The van der Waals surface area contributed by atoms with Crippen LogP contribution in [-0.4, -0.2) is 20.2 Å². The Morgan fingerprint density at radius 2 is 1.14 bits per heavy atom. The zero-order chi connectivity index (χ0) is 24.1. The summed E-state index contributed by atoms with van der Waals surface area (Å²) in [6.45, 7) is 0. The first kappa shape index (κ1) is 21.3. The number of phenols is 2. The molecule has 0 aliphatic heterocycles. The van der Waals surface area contributed by atoms with Gasteiger partial charge in [-0.25, -0.2) is 19.6 Å². The molecule has 4 aromatic heterocycles. The van der Waals surface area contributed by atoms with Gasteiger partial charge < -0.3 is 19.0 Å². The van der Waals surface area contributed by atoms with Crippen LogP contribution in [0.25, 0.3) is 44.5 Å². The van der Waals surface area contributed by atoms with Crippen molar-refractivity contribution in [3.05, 3.63) is 90.1 Å². The molecule has 0 radical (unpaired) electrons. The van der Waals surface area contributed by atoms with Crippen LogP contribution in [0.5, 0.6) is 11.5 Å². The smallest absolute Gasteiger partial charge is 0.345 e. The van der Waals surface area contributed by atoms with Gasteiger partial charge in [0.2, 0.25) is 0 Å². The van der Waals surface area contributed by atoms with Crippen molar-refractivity contribution in [2.24, 2.45) is 0 Å². The second-order valence-corrected chi connectivity index (χ2v) is 9.65. The minimum atomic E-state index is -0.534. The van der Waals surface area contributed by atoms with Crippen LogP contribution in [0.3, 0.4) is 0 Å². The summed E-state index contributed by atoms with van der Waals surface area (Å²) >= 11 is 2.80. The van der Waals surface area contributed by atoms with E-state index in [0.717, 1.165) is 10.0 Å². The van der Waals surface area contributed by atoms with Crippen LogP contribution >= 0.6 is 22.7 Å².